The Balaban J connectivity index is 0.00000107. The molecule has 0 radical (unpaired) electrons. The SMILES string of the molecule is Cl.Cl.Cl.O=C(C1=CC2=CC=C[N@@+]2(N2CCN(c3ncccn3)CC2)C1)N1CCSC1. The third-order valence-corrected chi connectivity index (χ3v) is 6.66. The fourth-order valence-corrected chi connectivity index (χ4v) is 5.20. The molecule has 1 amide bonds. The van der Waals surface area contributed by atoms with Gasteiger partial charge in [-0.25, -0.2) is 9.97 Å². The molecule has 5 heterocycles. The molecule has 4 aliphatic rings. The number of quaternary nitrogens is 1. The zero-order valence-corrected chi connectivity index (χ0v) is 19.7. The Morgan fingerprint density at radius 2 is 1.77 bits per heavy atom. The number of anilines is 1. The van der Waals surface area contributed by atoms with Crippen molar-refractivity contribution in [2.75, 3.05) is 55.8 Å². The van der Waals surface area contributed by atoms with E-state index in [0.717, 1.165) is 62.4 Å². The number of carbonyl (C=O) groups is 1. The number of nitrogens with zero attached hydrogens (tertiary/aromatic N) is 6. The predicted molar refractivity (Wildman–Crippen MR) is 127 cm³/mol. The fraction of sp³-hybridized carbons (Fsp3) is 0.421. The van der Waals surface area contributed by atoms with Crippen molar-refractivity contribution in [3.05, 3.63) is 54.2 Å². The lowest BCUT2D eigenvalue weighted by molar-refractivity contribution is -0.948. The molecule has 0 N–H and O–H groups in total. The maximum atomic E-state index is 12.9. The van der Waals surface area contributed by atoms with Gasteiger partial charge >= 0.3 is 0 Å². The molecular formula is C19H26Cl3N6OS+. The number of halogens is 3. The molecule has 164 valence electrons. The second kappa shape index (κ2) is 10.3. The molecule has 1 aromatic heterocycles. The first-order valence-electron chi connectivity index (χ1n) is 9.39. The third-order valence-electron chi connectivity index (χ3n) is 5.69. The van der Waals surface area contributed by atoms with E-state index in [1.54, 1.807) is 12.4 Å². The van der Waals surface area contributed by atoms with Crippen molar-refractivity contribution in [2.24, 2.45) is 0 Å². The van der Waals surface area contributed by atoms with Crippen LogP contribution in [0.4, 0.5) is 5.95 Å². The molecule has 4 aliphatic heterocycles. The number of hydrogen-bond acceptors (Lipinski definition) is 6. The normalized spacial score (nSPS) is 24.9. The molecule has 7 nitrogen and oxygen atoms in total. The van der Waals surface area contributed by atoms with Crippen LogP contribution >= 0.6 is 49.0 Å². The number of hydrogen-bond donors (Lipinski definition) is 0. The maximum Gasteiger partial charge on any atom is 0.256 e. The van der Waals surface area contributed by atoms with E-state index < -0.39 is 0 Å². The van der Waals surface area contributed by atoms with Crippen LogP contribution in [0.5, 0.6) is 0 Å². The van der Waals surface area contributed by atoms with Gasteiger partial charge in [-0.15, -0.1) is 54.0 Å². The van der Waals surface area contributed by atoms with Crippen LogP contribution in [0.1, 0.15) is 0 Å². The lowest BCUT2D eigenvalue weighted by Crippen LogP contribution is -2.60. The van der Waals surface area contributed by atoms with Crippen LogP contribution in [0.15, 0.2) is 54.2 Å². The number of allylic oxidation sites excluding steroid dienone is 3. The molecule has 5 rings (SSSR count). The standard InChI is InChI=1S/C19H23N6OS.3ClH/c26-18(23-10-12-27-15-23)16-13-17-3-1-11-25(17,14-16)24-8-6-22(7-9-24)19-20-4-2-5-21-19;;;/h1-5,11,13H,6-10,12,14-15H2;3*1H/q+1;;;/t25-;;;/m1.../s1. The van der Waals surface area contributed by atoms with Gasteiger partial charge in [0, 0.05) is 49.9 Å². The molecule has 2 saturated heterocycles. The van der Waals surface area contributed by atoms with Gasteiger partial charge in [0.1, 0.15) is 12.7 Å². The van der Waals surface area contributed by atoms with Crippen molar-refractivity contribution in [3.8, 4) is 0 Å². The lowest BCUT2D eigenvalue weighted by atomic mass is 10.2. The highest BCUT2D eigenvalue weighted by molar-refractivity contribution is 7.99. The van der Waals surface area contributed by atoms with E-state index in [9.17, 15) is 4.79 Å². The van der Waals surface area contributed by atoms with Gasteiger partial charge in [-0.05, 0) is 12.1 Å². The molecular weight excluding hydrogens is 467 g/mol. The molecule has 1 aromatic rings. The van der Waals surface area contributed by atoms with Crippen LogP contribution in [0.25, 0.3) is 0 Å². The van der Waals surface area contributed by atoms with Gasteiger partial charge in [0.15, 0.2) is 5.70 Å². The third kappa shape index (κ3) is 4.35. The molecule has 0 aliphatic carbocycles. The van der Waals surface area contributed by atoms with Crippen LogP contribution in [0.2, 0.25) is 0 Å². The van der Waals surface area contributed by atoms with Gasteiger partial charge in [-0.1, -0.05) is 0 Å². The summed E-state index contributed by atoms with van der Waals surface area (Å²) in [6.07, 6.45) is 12.2. The number of aromatic nitrogens is 2. The topological polar surface area (TPSA) is 52.6 Å². The highest BCUT2D eigenvalue weighted by Gasteiger charge is 2.47. The van der Waals surface area contributed by atoms with Crippen LogP contribution in [-0.2, 0) is 4.79 Å². The Morgan fingerprint density at radius 1 is 1.03 bits per heavy atom. The zero-order valence-electron chi connectivity index (χ0n) is 16.4. The van der Waals surface area contributed by atoms with Crippen LogP contribution in [0.3, 0.4) is 0 Å². The monoisotopic (exact) mass is 491 g/mol. The predicted octanol–water partition coefficient (Wildman–Crippen LogP) is 2.48. The van der Waals surface area contributed by atoms with E-state index in [0.29, 0.717) is 4.59 Å². The van der Waals surface area contributed by atoms with Gasteiger partial charge in [-0.3, -0.25) is 4.79 Å². The fourth-order valence-electron chi connectivity index (χ4n) is 4.26. The minimum atomic E-state index is 0. The highest BCUT2D eigenvalue weighted by atomic mass is 35.5. The van der Waals surface area contributed by atoms with E-state index >= 15 is 0 Å². The molecule has 0 aromatic carbocycles. The molecule has 2 fully saturated rings. The smallest absolute Gasteiger partial charge is 0.256 e. The minimum Gasteiger partial charge on any atom is -0.338 e. The number of thioether (sulfide) groups is 1. The van der Waals surface area contributed by atoms with E-state index in [1.165, 1.54) is 5.70 Å². The van der Waals surface area contributed by atoms with E-state index in [1.807, 2.05) is 22.7 Å². The molecule has 0 unspecified atom stereocenters. The average molecular weight is 493 g/mol. The summed E-state index contributed by atoms with van der Waals surface area (Å²) in [5.41, 5.74) is 2.14. The molecule has 11 heteroatoms. The van der Waals surface area contributed by atoms with Crippen molar-refractivity contribution in [1.29, 1.82) is 0 Å². The number of rotatable bonds is 3. The van der Waals surface area contributed by atoms with Gasteiger partial charge in [0.25, 0.3) is 5.91 Å². The second-order valence-corrected chi connectivity index (χ2v) is 8.26. The van der Waals surface area contributed by atoms with Crippen molar-refractivity contribution >= 4 is 60.8 Å². The molecule has 0 spiro atoms. The molecule has 0 saturated carbocycles. The van der Waals surface area contributed by atoms with Crippen molar-refractivity contribution in [1.82, 2.24) is 19.9 Å². The largest absolute Gasteiger partial charge is 0.338 e. The summed E-state index contributed by atoms with van der Waals surface area (Å²) in [5, 5.41) is 2.46. The molecule has 1 atom stereocenters. The quantitative estimate of drug-likeness (QED) is 0.604. The van der Waals surface area contributed by atoms with E-state index in [-0.39, 0.29) is 43.1 Å². The first-order chi connectivity index (χ1) is 13.3. The highest BCUT2D eigenvalue weighted by Crippen LogP contribution is 2.38. The number of fused-ring (bicyclic) bond motifs is 1. The summed E-state index contributed by atoms with van der Waals surface area (Å²) in [6.45, 7) is 5.19. The van der Waals surface area contributed by atoms with Crippen molar-refractivity contribution in [2.45, 2.75) is 0 Å². The van der Waals surface area contributed by atoms with Crippen LogP contribution in [0, 0.1) is 0 Å². The first kappa shape index (κ1) is 25.0. The summed E-state index contributed by atoms with van der Waals surface area (Å²) in [7, 11) is 0. The van der Waals surface area contributed by atoms with Gasteiger partial charge in [0.2, 0.25) is 5.95 Å². The Hall–Kier alpha value is -1.29. The summed E-state index contributed by atoms with van der Waals surface area (Å²) in [4.78, 5) is 25.8. The maximum absolute atomic E-state index is 12.9. The van der Waals surface area contributed by atoms with Crippen LogP contribution < -0.4 is 4.90 Å². The summed E-state index contributed by atoms with van der Waals surface area (Å²) in [6, 6.07) is 1.84. The number of piperazine rings is 1. The Morgan fingerprint density at radius 3 is 2.43 bits per heavy atom. The van der Waals surface area contributed by atoms with Crippen molar-refractivity contribution < 1.29 is 9.39 Å². The van der Waals surface area contributed by atoms with Crippen LogP contribution in [-0.4, -0.2) is 81.3 Å². The van der Waals surface area contributed by atoms with Gasteiger partial charge in [0.05, 0.1) is 24.5 Å². The minimum absolute atomic E-state index is 0. The number of amides is 1. The summed E-state index contributed by atoms with van der Waals surface area (Å²) < 4.78 is 0.658. The van der Waals surface area contributed by atoms with Crippen molar-refractivity contribution in [3.63, 3.8) is 0 Å². The van der Waals surface area contributed by atoms with E-state index in [4.69, 9.17) is 0 Å². The number of carbonyl (C=O) groups excluding carboxylic acids is 1. The Labute approximate surface area is 199 Å². The molecule has 0 bridgehead atoms. The average Bonchev–Trinajstić information content (AvgIpc) is 3.44. The molecule has 30 heavy (non-hydrogen) atoms. The Kier molecular flexibility index (Phi) is 8.61. The summed E-state index contributed by atoms with van der Waals surface area (Å²) in [5.74, 6) is 2.87. The Bertz CT molecular complexity index is 838. The van der Waals surface area contributed by atoms with Gasteiger partial charge < -0.3 is 9.80 Å². The first-order valence-corrected chi connectivity index (χ1v) is 10.5. The van der Waals surface area contributed by atoms with E-state index in [2.05, 4.69) is 44.3 Å². The second-order valence-electron chi connectivity index (χ2n) is 7.18. The summed E-state index contributed by atoms with van der Waals surface area (Å²) >= 11 is 1.83. The zero-order chi connectivity index (χ0) is 18.3. The lowest BCUT2D eigenvalue weighted by Gasteiger charge is -2.43. The van der Waals surface area contributed by atoms with Gasteiger partial charge in [-0.2, -0.15) is 4.59 Å².